The SMILES string of the molecule is C=Nc1cccc(C(=O)OC)c1. The van der Waals surface area contributed by atoms with Gasteiger partial charge in [0.2, 0.25) is 0 Å². The molecule has 0 fully saturated rings. The number of esters is 1. The van der Waals surface area contributed by atoms with E-state index in [0.29, 0.717) is 11.3 Å². The first-order valence-electron chi connectivity index (χ1n) is 3.43. The number of ether oxygens (including phenoxy) is 1. The molecule has 0 aromatic heterocycles. The second-order valence-corrected chi connectivity index (χ2v) is 2.20. The predicted molar refractivity (Wildman–Crippen MR) is 47.0 cm³/mol. The molecule has 0 aliphatic carbocycles. The second-order valence-electron chi connectivity index (χ2n) is 2.20. The molecule has 0 saturated carbocycles. The fraction of sp³-hybridized carbons (Fsp3) is 0.111. The molecule has 0 radical (unpaired) electrons. The number of benzene rings is 1. The van der Waals surface area contributed by atoms with Gasteiger partial charge < -0.3 is 4.74 Å². The van der Waals surface area contributed by atoms with E-state index >= 15 is 0 Å². The topological polar surface area (TPSA) is 38.7 Å². The van der Waals surface area contributed by atoms with Gasteiger partial charge in [0, 0.05) is 0 Å². The molecule has 1 rings (SSSR count). The van der Waals surface area contributed by atoms with Crippen molar-refractivity contribution in [2.24, 2.45) is 4.99 Å². The number of methoxy groups -OCH3 is 1. The Labute approximate surface area is 70.7 Å². The summed E-state index contributed by atoms with van der Waals surface area (Å²) in [5, 5.41) is 0. The summed E-state index contributed by atoms with van der Waals surface area (Å²) in [7, 11) is 1.34. The Bertz CT molecular complexity index is 307. The van der Waals surface area contributed by atoms with E-state index < -0.39 is 0 Å². The molecule has 0 unspecified atom stereocenters. The number of carbonyl (C=O) groups excluding carboxylic acids is 1. The fourth-order valence-electron chi connectivity index (χ4n) is 0.849. The van der Waals surface area contributed by atoms with Crippen molar-refractivity contribution in [2.75, 3.05) is 7.11 Å². The van der Waals surface area contributed by atoms with Gasteiger partial charge in [-0.2, -0.15) is 0 Å². The Balaban J connectivity index is 3.01. The highest BCUT2D eigenvalue weighted by atomic mass is 16.5. The first-order chi connectivity index (χ1) is 5.77. The van der Waals surface area contributed by atoms with Crippen LogP contribution >= 0.6 is 0 Å². The fourth-order valence-corrected chi connectivity index (χ4v) is 0.849. The molecule has 62 valence electrons. The minimum Gasteiger partial charge on any atom is -0.465 e. The monoisotopic (exact) mass is 163 g/mol. The van der Waals surface area contributed by atoms with Gasteiger partial charge in [-0.1, -0.05) is 6.07 Å². The van der Waals surface area contributed by atoms with Crippen LogP contribution in [0.2, 0.25) is 0 Å². The summed E-state index contributed by atoms with van der Waals surface area (Å²) < 4.78 is 4.53. The molecule has 0 spiro atoms. The summed E-state index contributed by atoms with van der Waals surface area (Å²) in [6, 6.07) is 6.79. The number of carbonyl (C=O) groups is 1. The second kappa shape index (κ2) is 3.67. The molecule has 0 amide bonds. The maximum absolute atomic E-state index is 11.0. The van der Waals surface area contributed by atoms with E-state index in [1.54, 1.807) is 24.3 Å². The maximum Gasteiger partial charge on any atom is 0.337 e. The first-order valence-corrected chi connectivity index (χ1v) is 3.43. The van der Waals surface area contributed by atoms with E-state index in [1.807, 2.05) is 0 Å². The molecule has 3 heteroatoms. The average molecular weight is 163 g/mol. The molecular weight excluding hydrogens is 154 g/mol. The Kier molecular flexibility index (Phi) is 2.58. The van der Waals surface area contributed by atoms with Crippen molar-refractivity contribution in [3.05, 3.63) is 29.8 Å². The largest absolute Gasteiger partial charge is 0.465 e. The molecule has 0 atom stereocenters. The predicted octanol–water partition coefficient (Wildman–Crippen LogP) is 1.81. The summed E-state index contributed by atoms with van der Waals surface area (Å²) in [4.78, 5) is 14.7. The van der Waals surface area contributed by atoms with Gasteiger partial charge in [0.05, 0.1) is 18.4 Å². The summed E-state index contributed by atoms with van der Waals surface area (Å²) in [6.07, 6.45) is 0. The summed E-state index contributed by atoms with van der Waals surface area (Å²) in [5.41, 5.74) is 1.15. The van der Waals surface area contributed by atoms with Gasteiger partial charge in [0.15, 0.2) is 0 Å². The molecule has 0 N–H and O–H groups in total. The zero-order valence-corrected chi connectivity index (χ0v) is 6.78. The Morgan fingerprint density at radius 2 is 2.33 bits per heavy atom. The lowest BCUT2D eigenvalue weighted by atomic mass is 10.2. The Morgan fingerprint density at radius 1 is 1.58 bits per heavy atom. The van der Waals surface area contributed by atoms with Gasteiger partial charge in [-0.05, 0) is 24.9 Å². The van der Waals surface area contributed by atoms with Gasteiger partial charge in [0.25, 0.3) is 0 Å². The zero-order valence-electron chi connectivity index (χ0n) is 6.78. The molecule has 0 aliphatic rings. The molecule has 3 nitrogen and oxygen atoms in total. The van der Waals surface area contributed by atoms with Crippen LogP contribution in [-0.2, 0) is 4.74 Å². The summed E-state index contributed by atoms with van der Waals surface area (Å²) in [5.74, 6) is -0.361. The van der Waals surface area contributed by atoms with E-state index in [4.69, 9.17) is 0 Å². The normalized spacial score (nSPS) is 9.08. The van der Waals surface area contributed by atoms with Crippen molar-refractivity contribution in [3.8, 4) is 0 Å². The van der Waals surface area contributed by atoms with Crippen LogP contribution in [0.3, 0.4) is 0 Å². The average Bonchev–Trinajstić information content (AvgIpc) is 2.17. The van der Waals surface area contributed by atoms with Crippen LogP contribution in [0.4, 0.5) is 5.69 Å². The molecule has 0 saturated heterocycles. The van der Waals surface area contributed by atoms with E-state index in [9.17, 15) is 4.79 Å². The lowest BCUT2D eigenvalue weighted by molar-refractivity contribution is 0.0601. The molecule has 1 aromatic carbocycles. The van der Waals surface area contributed by atoms with Crippen molar-refractivity contribution in [3.63, 3.8) is 0 Å². The van der Waals surface area contributed by atoms with E-state index in [2.05, 4.69) is 16.4 Å². The van der Waals surface area contributed by atoms with Crippen LogP contribution in [-0.4, -0.2) is 19.8 Å². The quantitative estimate of drug-likeness (QED) is 0.492. The van der Waals surface area contributed by atoms with Crippen molar-refractivity contribution in [1.29, 1.82) is 0 Å². The minimum atomic E-state index is -0.361. The smallest absolute Gasteiger partial charge is 0.337 e. The van der Waals surface area contributed by atoms with Crippen LogP contribution in [0, 0.1) is 0 Å². The summed E-state index contributed by atoms with van der Waals surface area (Å²) in [6.45, 7) is 3.36. The molecule has 0 heterocycles. The number of aliphatic imine (C=N–C) groups is 1. The Hall–Kier alpha value is -1.64. The van der Waals surface area contributed by atoms with Crippen LogP contribution < -0.4 is 0 Å². The van der Waals surface area contributed by atoms with E-state index in [1.165, 1.54) is 7.11 Å². The molecular formula is C9H9NO2. The third-order valence-electron chi connectivity index (χ3n) is 1.45. The first kappa shape index (κ1) is 8.46. The number of hydrogen-bond donors (Lipinski definition) is 0. The zero-order chi connectivity index (χ0) is 8.97. The molecule has 12 heavy (non-hydrogen) atoms. The highest BCUT2D eigenvalue weighted by molar-refractivity contribution is 5.90. The minimum absolute atomic E-state index is 0.361. The molecule has 0 aliphatic heterocycles. The van der Waals surface area contributed by atoms with E-state index in [-0.39, 0.29) is 5.97 Å². The van der Waals surface area contributed by atoms with Crippen molar-refractivity contribution in [1.82, 2.24) is 0 Å². The van der Waals surface area contributed by atoms with Crippen LogP contribution in [0.1, 0.15) is 10.4 Å². The third-order valence-corrected chi connectivity index (χ3v) is 1.45. The maximum atomic E-state index is 11.0. The van der Waals surface area contributed by atoms with Gasteiger partial charge in [-0.3, -0.25) is 4.99 Å². The number of nitrogens with zero attached hydrogens (tertiary/aromatic N) is 1. The van der Waals surface area contributed by atoms with Gasteiger partial charge in [-0.15, -0.1) is 0 Å². The van der Waals surface area contributed by atoms with Gasteiger partial charge >= 0.3 is 5.97 Å². The number of rotatable bonds is 2. The lowest BCUT2D eigenvalue weighted by Crippen LogP contribution is -1.99. The third kappa shape index (κ3) is 1.69. The van der Waals surface area contributed by atoms with Gasteiger partial charge in [-0.25, -0.2) is 4.79 Å². The molecule has 1 aromatic rings. The number of hydrogen-bond acceptors (Lipinski definition) is 3. The molecule has 0 bridgehead atoms. The highest BCUT2D eigenvalue weighted by Gasteiger charge is 2.03. The Morgan fingerprint density at radius 3 is 2.92 bits per heavy atom. The highest BCUT2D eigenvalue weighted by Crippen LogP contribution is 2.13. The van der Waals surface area contributed by atoms with Gasteiger partial charge in [0.1, 0.15) is 0 Å². The van der Waals surface area contributed by atoms with E-state index in [0.717, 1.165) is 0 Å². The van der Waals surface area contributed by atoms with Crippen LogP contribution in [0.25, 0.3) is 0 Å². The van der Waals surface area contributed by atoms with Crippen LogP contribution in [0.5, 0.6) is 0 Å². The van der Waals surface area contributed by atoms with Crippen LogP contribution in [0.15, 0.2) is 29.3 Å². The van der Waals surface area contributed by atoms with Crippen molar-refractivity contribution >= 4 is 18.4 Å². The summed E-state index contributed by atoms with van der Waals surface area (Å²) >= 11 is 0. The van der Waals surface area contributed by atoms with Crippen molar-refractivity contribution in [2.45, 2.75) is 0 Å². The standard InChI is InChI=1S/C9H9NO2/c1-10-8-5-3-4-7(6-8)9(11)12-2/h3-6H,1H2,2H3. The van der Waals surface area contributed by atoms with Crippen molar-refractivity contribution < 1.29 is 9.53 Å². The lowest BCUT2D eigenvalue weighted by Gasteiger charge is -1.98.